The van der Waals surface area contributed by atoms with Gasteiger partial charge in [0.15, 0.2) is 11.5 Å². The average molecular weight is 538 g/mol. The topological polar surface area (TPSA) is 67.6 Å². The van der Waals surface area contributed by atoms with E-state index >= 15 is 0 Å². The van der Waals surface area contributed by atoms with Crippen LogP contribution in [0.2, 0.25) is 0 Å². The number of amides is 1. The minimum atomic E-state index is -0.230. The van der Waals surface area contributed by atoms with Crippen molar-refractivity contribution >= 4 is 5.91 Å². The predicted molar refractivity (Wildman–Crippen MR) is 160 cm³/mol. The molecule has 1 amide bonds. The molecule has 0 saturated heterocycles. The molecule has 1 N–H and O–H groups in total. The molecule has 1 aliphatic rings. The van der Waals surface area contributed by atoms with Crippen molar-refractivity contribution in [3.8, 4) is 28.2 Å². The standard InChI is InChI=1S/C34H39N3O3/c1-6-35-34(38)32-31(26-13-14-27-20-37(7-2)16-15-25(27)18-26)33(40-36-32)29-19-28(22(3)4)30(17-23(29)5)39-21-24-11-9-8-10-12-24/h8-14,17-19,22H,6-7,15-16,20-21H2,1-5H3,(H,35,38). The van der Waals surface area contributed by atoms with E-state index in [1.165, 1.54) is 11.1 Å². The quantitative estimate of drug-likeness (QED) is 0.246. The fraction of sp³-hybridized carbons (Fsp3) is 0.353. The molecular formula is C34H39N3O3. The molecule has 0 atom stereocenters. The zero-order chi connectivity index (χ0) is 28.2. The van der Waals surface area contributed by atoms with Gasteiger partial charge in [-0.05, 0) is 78.2 Å². The van der Waals surface area contributed by atoms with Crippen LogP contribution >= 0.6 is 0 Å². The number of nitrogens with zero attached hydrogens (tertiary/aromatic N) is 2. The molecule has 0 unspecified atom stereocenters. The Labute approximate surface area is 237 Å². The van der Waals surface area contributed by atoms with E-state index in [1.807, 2.05) is 25.1 Å². The molecule has 0 aliphatic carbocycles. The molecule has 1 aromatic heterocycles. The Morgan fingerprint density at radius 2 is 1.88 bits per heavy atom. The Morgan fingerprint density at radius 1 is 1.07 bits per heavy atom. The molecule has 2 heterocycles. The Balaban J connectivity index is 1.58. The molecule has 0 bridgehead atoms. The molecular weight excluding hydrogens is 498 g/mol. The second kappa shape index (κ2) is 12.1. The molecule has 0 fully saturated rings. The van der Waals surface area contributed by atoms with E-state index in [1.54, 1.807) is 0 Å². The molecule has 1 aliphatic heterocycles. The highest BCUT2D eigenvalue weighted by atomic mass is 16.5. The maximum Gasteiger partial charge on any atom is 0.274 e. The number of carbonyl (C=O) groups is 1. The minimum absolute atomic E-state index is 0.226. The lowest BCUT2D eigenvalue weighted by Crippen LogP contribution is -2.30. The summed E-state index contributed by atoms with van der Waals surface area (Å²) in [5.74, 6) is 1.47. The summed E-state index contributed by atoms with van der Waals surface area (Å²) in [5.41, 5.74) is 8.80. The van der Waals surface area contributed by atoms with E-state index in [0.717, 1.165) is 65.2 Å². The number of aryl methyl sites for hydroxylation is 1. The largest absolute Gasteiger partial charge is 0.489 e. The number of carbonyl (C=O) groups excluding carboxylic acids is 1. The monoisotopic (exact) mass is 537 g/mol. The van der Waals surface area contributed by atoms with Gasteiger partial charge in [-0.3, -0.25) is 9.69 Å². The van der Waals surface area contributed by atoms with Crippen molar-refractivity contribution in [3.05, 3.63) is 94.2 Å². The molecule has 40 heavy (non-hydrogen) atoms. The number of aromatic nitrogens is 1. The highest BCUT2D eigenvalue weighted by molar-refractivity contribution is 6.02. The Morgan fingerprint density at radius 3 is 2.60 bits per heavy atom. The summed E-state index contributed by atoms with van der Waals surface area (Å²) in [5, 5.41) is 7.22. The molecule has 208 valence electrons. The van der Waals surface area contributed by atoms with E-state index in [4.69, 9.17) is 9.26 Å². The second-order valence-corrected chi connectivity index (χ2v) is 10.8. The summed E-state index contributed by atoms with van der Waals surface area (Å²) >= 11 is 0. The molecule has 5 rings (SSSR count). The summed E-state index contributed by atoms with van der Waals surface area (Å²) in [6.45, 7) is 14.5. The molecule has 6 heteroatoms. The van der Waals surface area contributed by atoms with Gasteiger partial charge < -0.3 is 14.6 Å². The zero-order valence-corrected chi connectivity index (χ0v) is 24.2. The van der Waals surface area contributed by atoms with Gasteiger partial charge in [-0.15, -0.1) is 0 Å². The average Bonchev–Trinajstić information content (AvgIpc) is 3.41. The van der Waals surface area contributed by atoms with Gasteiger partial charge in [-0.25, -0.2) is 0 Å². The number of fused-ring (bicyclic) bond motifs is 1. The van der Waals surface area contributed by atoms with Crippen molar-refractivity contribution in [2.24, 2.45) is 0 Å². The predicted octanol–water partition coefficient (Wildman–Crippen LogP) is 7.15. The number of benzene rings is 3. The molecule has 0 radical (unpaired) electrons. The van der Waals surface area contributed by atoms with Crippen molar-refractivity contribution in [3.63, 3.8) is 0 Å². The molecule has 3 aromatic carbocycles. The lowest BCUT2D eigenvalue weighted by molar-refractivity contribution is 0.0947. The van der Waals surface area contributed by atoms with E-state index in [0.29, 0.717) is 24.6 Å². The Hall–Kier alpha value is -3.90. The summed E-state index contributed by atoms with van der Waals surface area (Å²) in [7, 11) is 0. The number of nitrogens with one attached hydrogen (secondary N) is 1. The third-order valence-electron chi connectivity index (χ3n) is 7.74. The van der Waals surface area contributed by atoms with Gasteiger partial charge in [-0.1, -0.05) is 74.5 Å². The number of hydrogen-bond acceptors (Lipinski definition) is 5. The van der Waals surface area contributed by atoms with Crippen molar-refractivity contribution < 1.29 is 14.1 Å². The molecule has 0 spiro atoms. The molecule has 0 saturated carbocycles. The summed E-state index contributed by atoms with van der Waals surface area (Å²) in [4.78, 5) is 15.6. The van der Waals surface area contributed by atoms with Crippen molar-refractivity contribution in [1.29, 1.82) is 0 Å². The normalized spacial score (nSPS) is 13.3. The minimum Gasteiger partial charge on any atom is -0.489 e. The van der Waals surface area contributed by atoms with Crippen LogP contribution in [0.15, 0.2) is 65.2 Å². The highest BCUT2D eigenvalue weighted by Gasteiger charge is 2.27. The summed E-state index contributed by atoms with van der Waals surface area (Å²) < 4.78 is 12.3. The van der Waals surface area contributed by atoms with E-state index in [2.05, 4.69) is 85.5 Å². The summed E-state index contributed by atoms with van der Waals surface area (Å²) in [6.07, 6.45) is 0.984. The van der Waals surface area contributed by atoms with Crippen molar-refractivity contribution in [2.45, 2.75) is 60.1 Å². The first-order chi connectivity index (χ1) is 19.4. The first kappa shape index (κ1) is 27.7. The van der Waals surface area contributed by atoms with Gasteiger partial charge in [-0.2, -0.15) is 0 Å². The van der Waals surface area contributed by atoms with Gasteiger partial charge in [0.25, 0.3) is 5.91 Å². The van der Waals surface area contributed by atoms with Crippen LogP contribution in [-0.4, -0.2) is 35.6 Å². The van der Waals surface area contributed by atoms with E-state index < -0.39 is 0 Å². The van der Waals surface area contributed by atoms with Crippen molar-refractivity contribution in [1.82, 2.24) is 15.4 Å². The maximum absolute atomic E-state index is 13.1. The molecule has 6 nitrogen and oxygen atoms in total. The fourth-order valence-corrected chi connectivity index (χ4v) is 5.43. The lowest BCUT2D eigenvalue weighted by atomic mass is 9.90. The number of ether oxygens (including phenoxy) is 1. The van der Waals surface area contributed by atoms with Crippen LogP contribution in [0.5, 0.6) is 5.75 Å². The van der Waals surface area contributed by atoms with Crippen LogP contribution in [0, 0.1) is 6.92 Å². The van der Waals surface area contributed by atoms with Crippen LogP contribution in [0.25, 0.3) is 22.5 Å². The van der Waals surface area contributed by atoms with Crippen molar-refractivity contribution in [2.75, 3.05) is 19.6 Å². The fourth-order valence-electron chi connectivity index (χ4n) is 5.43. The van der Waals surface area contributed by atoms with Crippen LogP contribution in [0.4, 0.5) is 0 Å². The van der Waals surface area contributed by atoms with E-state index in [-0.39, 0.29) is 11.8 Å². The Bertz CT molecular complexity index is 1490. The second-order valence-electron chi connectivity index (χ2n) is 10.8. The van der Waals surface area contributed by atoms with Gasteiger partial charge in [0, 0.05) is 25.2 Å². The first-order valence-corrected chi connectivity index (χ1v) is 14.3. The lowest BCUT2D eigenvalue weighted by Gasteiger charge is -2.27. The van der Waals surface area contributed by atoms with Gasteiger partial charge in [0.05, 0.1) is 5.56 Å². The Kier molecular flexibility index (Phi) is 8.36. The van der Waals surface area contributed by atoms with Gasteiger partial charge in [0.1, 0.15) is 12.4 Å². The smallest absolute Gasteiger partial charge is 0.274 e. The van der Waals surface area contributed by atoms with E-state index in [9.17, 15) is 4.79 Å². The highest BCUT2D eigenvalue weighted by Crippen LogP contribution is 2.41. The third-order valence-corrected chi connectivity index (χ3v) is 7.74. The summed E-state index contributed by atoms with van der Waals surface area (Å²) in [6, 6.07) is 20.9. The zero-order valence-electron chi connectivity index (χ0n) is 24.2. The van der Waals surface area contributed by atoms with Crippen LogP contribution in [0.1, 0.15) is 71.9 Å². The van der Waals surface area contributed by atoms with Crippen LogP contribution in [-0.2, 0) is 19.6 Å². The molecule has 4 aromatic rings. The third kappa shape index (κ3) is 5.68. The maximum atomic E-state index is 13.1. The number of likely N-dealkylation sites (N-methyl/N-ethyl adjacent to an activating group) is 1. The number of hydrogen-bond donors (Lipinski definition) is 1. The van der Waals surface area contributed by atoms with Crippen LogP contribution in [0.3, 0.4) is 0 Å². The van der Waals surface area contributed by atoms with Crippen LogP contribution < -0.4 is 10.1 Å². The van der Waals surface area contributed by atoms with Gasteiger partial charge >= 0.3 is 0 Å². The van der Waals surface area contributed by atoms with Gasteiger partial charge in [0.2, 0.25) is 0 Å². The number of rotatable bonds is 9. The first-order valence-electron chi connectivity index (χ1n) is 14.3. The SMILES string of the molecule is CCNC(=O)c1noc(-c2cc(C(C)C)c(OCc3ccccc3)cc2C)c1-c1ccc2c(c1)CCN(CC)C2.